The van der Waals surface area contributed by atoms with Crippen LogP contribution in [0.25, 0.3) is 0 Å². The van der Waals surface area contributed by atoms with Gasteiger partial charge >= 0.3 is 10.2 Å². The third-order valence-corrected chi connectivity index (χ3v) is 4.26. The van der Waals surface area contributed by atoms with E-state index in [0.717, 1.165) is 0 Å². The number of carbonyl (C=O) groups is 1. The number of aliphatic hydroxyl groups excluding tert-OH is 1. The molecular weight excluding hydrogens is 336 g/mol. The first-order valence-electron chi connectivity index (χ1n) is 7.20. The largest absolute Gasteiger partial charge is 0.492 e. The van der Waals surface area contributed by atoms with Crippen LogP contribution in [0, 0.1) is 5.41 Å². The van der Waals surface area contributed by atoms with Gasteiger partial charge in [-0.2, -0.15) is 8.42 Å². The molecule has 0 saturated heterocycles. The molecule has 24 heavy (non-hydrogen) atoms. The van der Waals surface area contributed by atoms with Crippen molar-refractivity contribution in [3.63, 3.8) is 0 Å². The van der Waals surface area contributed by atoms with E-state index in [1.165, 1.54) is 0 Å². The molecule has 132 valence electrons. The maximum absolute atomic E-state index is 12.0. The average Bonchev–Trinajstić information content (AvgIpc) is 2.48. The van der Waals surface area contributed by atoms with E-state index in [2.05, 4.69) is 14.4 Å². The number of hydrogen-bond acceptors (Lipinski definition) is 6. The molecule has 0 aliphatic carbocycles. The fourth-order valence-electron chi connectivity index (χ4n) is 2.07. The molecule has 9 nitrogen and oxygen atoms in total. The molecule has 0 unspecified atom stereocenters. The molecule has 5 N–H and O–H groups in total. The number of nitrogens with zero attached hydrogens (tertiary/aromatic N) is 1. The maximum Gasteiger partial charge on any atom is 0.344 e. The third-order valence-electron chi connectivity index (χ3n) is 3.34. The smallest absolute Gasteiger partial charge is 0.344 e. The van der Waals surface area contributed by atoms with Crippen molar-refractivity contribution >= 4 is 27.6 Å². The van der Waals surface area contributed by atoms with Crippen LogP contribution in [0.15, 0.2) is 22.6 Å². The zero-order chi connectivity index (χ0) is 18.0. The van der Waals surface area contributed by atoms with Crippen molar-refractivity contribution in [2.45, 2.75) is 13.8 Å². The number of benzene rings is 1. The van der Waals surface area contributed by atoms with E-state index in [-0.39, 0.29) is 37.2 Å². The molecule has 1 aromatic rings. The highest BCUT2D eigenvalue weighted by atomic mass is 32.2. The summed E-state index contributed by atoms with van der Waals surface area (Å²) in [7, 11) is -3.86. The summed E-state index contributed by atoms with van der Waals surface area (Å²) in [4.78, 5) is 12.0. The van der Waals surface area contributed by atoms with Crippen LogP contribution in [0.3, 0.4) is 0 Å². The number of ether oxygens (including phenoxy) is 1. The van der Waals surface area contributed by atoms with Gasteiger partial charge in [0.25, 0.3) is 0 Å². The van der Waals surface area contributed by atoms with Gasteiger partial charge in [0.15, 0.2) is 5.84 Å². The molecule has 1 aliphatic rings. The standard InChI is InChI=1S/C14H20N4O5S/c1-14(2,13(20)16-6-7-19)8-23-10-5-3-4-9-11(10)12(15)18-24(21,22)17-9/h3-5,17,19H,6-8H2,1-2H3,(H2,15,18)(H,16,20). The summed E-state index contributed by atoms with van der Waals surface area (Å²) >= 11 is 0. The van der Waals surface area contributed by atoms with Crippen LogP contribution in [-0.4, -0.2) is 45.0 Å². The van der Waals surface area contributed by atoms with E-state index < -0.39 is 15.6 Å². The summed E-state index contributed by atoms with van der Waals surface area (Å²) in [5.41, 5.74) is 5.47. The summed E-state index contributed by atoms with van der Waals surface area (Å²) in [6, 6.07) is 4.76. The minimum absolute atomic E-state index is 0.0285. The number of nitrogens with two attached hydrogens (primary N) is 1. The van der Waals surface area contributed by atoms with E-state index in [1.807, 2.05) is 0 Å². The highest BCUT2D eigenvalue weighted by molar-refractivity contribution is 7.91. The highest BCUT2D eigenvalue weighted by Gasteiger charge is 2.30. The molecule has 0 aromatic heterocycles. The van der Waals surface area contributed by atoms with Gasteiger partial charge in [0.2, 0.25) is 5.91 Å². The number of fused-ring (bicyclic) bond motifs is 1. The number of nitrogens with one attached hydrogen (secondary N) is 2. The fourth-order valence-corrected chi connectivity index (χ4v) is 2.91. The van der Waals surface area contributed by atoms with E-state index in [1.54, 1.807) is 32.0 Å². The SMILES string of the molecule is CC(C)(COc1cccc2c1C(N)=NS(=O)(=O)N2)C(=O)NCCO. The second-order valence-electron chi connectivity index (χ2n) is 5.88. The van der Waals surface area contributed by atoms with Gasteiger partial charge in [-0.15, -0.1) is 4.40 Å². The Hall–Kier alpha value is -2.33. The Kier molecular flexibility index (Phi) is 4.99. The predicted octanol–water partition coefficient (Wildman–Crippen LogP) is -0.424. The lowest BCUT2D eigenvalue weighted by Gasteiger charge is -2.25. The molecule has 0 atom stereocenters. The zero-order valence-corrected chi connectivity index (χ0v) is 14.2. The average molecular weight is 356 g/mol. The van der Waals surface area contributed by atoms with E-state index in [4.69, 9.17) is 15.6 Å². The third kappa shape index (κ3) is 3.95. The lowest BCUT2D eigenvalue weighted by molar-refractivity contribution is -0.131. The van der Waals surface area contributed by atoms with Crippen molar-refractivity contribution in [3.8, 4) is 5.75 Å². The number of rotatable bonds is 6. The Morgan fingerprint density at radius 1 is 1.46 bits per heavy atom. The summed E-state index contributed by atoms with van der Waals surface area (Å²) in [5, 5.41) is 11.3. The molecule has 0 radical (unpaired) electrons. The molecular formula is C14H20N4O5S. The van der Waals surface area contributed by atoms with E-state index in [0.29, 0.717) is 11.3 Å². The van der Waals surface area contributed by atoms with Crippen LogP contribution in [-0.2, 0) is 15.0 Å². The number of amidine groups is 1. The Morgan fingerprint density at radius 2 is 2.17 bits per heavy atom. The molecule has 10 heteroatoms. The number of anilines is 1. The van der Waals surface area contributed by atoms with E-state index >= 15 is 0 Å². The van der Waals surface area contributed by atoms with Crippen molar-refractivity contribution in [2.75, 3.05) is 24.5 Å². The first-order chi connectivity index (χ1) is 11.2. The van der Waals surface area contributed by atoms with Crippen molar-refractivity contribution < 1.29 is 23.1 Å². The molecule has 1 aromatic carbocycles. The topological polar surface area (TPSA) is 143 Å². The monoisotopic (exact) mass is 356 g/mol. The number of hydrogen-bond donors (Lipinski definition) is 4. The van der Waals surface area contributed by atoms with Gasteiger partial charge in [0.05, 0.1) is 23.3 Å². The van der Waals surface area contributed by atoms with Crippen LogP contribution in [0.1, 0.15) is 19.4 Å². The molecule has 0 bridgehead atoms. The summed E-state index contributed by atoms with van der Waals surface area (Å²) < 4.78 is 34.5. The number of aliphatic hydroxyl groups is 1. The van der Waals surface area contributed by atoms with Crippen LogP contribution >= 0.6 is 0 Å². The van der Waals surface area contributed by atoms with Gasteiger partial charge in [-0.05, 0) is 26.0 Å². The first-order valence-corrected chi connectivity index (χ1v) is 8.64. The first kappa shape index (κ1) is 18.0. The Bertz CT molecular complexity index is 773. The summed E-state index contributed by atoms with van der Waals surface area (Å²) in [6.45, 7) is 3.41. The quantitative estimate of drug-likeness (QED) is 0.545. The van der Waals surface area contributed by atoms with Gasteiger partial charge in [0.1, 0.15) is 12.4 Å². The Morgan fingerprint density at radius 3 is 2.83 bits per heavy atom. The lowest BCUT2D eigenvalue weighted by atomic mass is 9.93. The Balaban J connectivity index is 2.19. The van der Waals surface area contributed by atoms with Gasteiger partial charge < -0.3 is 20.9 Å². The summed E-state index contributed by atoms with van der Waals surface area (Å²) in [5.74, 6) is -0.134. The highest BCUT2D eigenvalue weighted by Crippen LogP contribution is 2.31. The minimum atomic E-state index is -3.86. The van der Waals surface area contributed by atoms with Crippen LogP contribution in [0.2, 0.25) is 0 Å². The van der Waals surface area contributed by atoms with Crippen LogP contribution < -0.4 is 20.5 Å². The van der Waals surface area contributed by atoms with Crippen molar-refractivity contribution in [3.05, 3.63) is 23.8 Å². The molecule has 0 spiro atoms. The number of carbonyl (C=O) groups excluding carboxylic acids is 1. The molecule has 1 aliphatic heterocycles. The van der Waals surface area contributed by atoms with E-state index in [9.17, 15) is 13.2 Å². The second kappa shape index (κ2) is 6.65. The van der Waals surface area contributed by atoms with Gasteiger partial charge in [-0.1, -0.05) is 6.07 Å². The minimum Gasteiger partial charge on any atom is -0.492 e. The normalized spacial score (nSPS) is 15.7. The van der Waals surface area contributed by atoms with Gasteiger partial charge in [-0.3, -0.25) is 9.52 Å². The second-order valence-corrected chi connectivity index (χ2v) is 7.22. The fraction of sp³-hybridized carbons (Fsp3) is 0.429. The molecule has 1 amide bonds. The Labute approximate surface area is 140 Å². The van der Waals surface area contributed by atoms with Gasteiger partial charge in [-0.25, -0.2) is 0 Å². The van der Waals surface area contributed by atoms with Crippen LogP contribution in [0.5, 0.6) is 5.75 Å². The summed E-state index contributed by atoms with van der Waals surface area (Å²) in [6.07, 6.45) is 0. The van der Waals surface area contributed by atoms with Gasteiger partial charge in [0, 0.05) is 6.54 Å². The van der Waals surface area contributed by atoms with Crippen molar-refractivity contribution in [1.82, 2.24) is 5.32 Å². The predicted molar refractivity (Wildman–Crippen MR) is 89.1 cm³/mol. The molecule has 2 rings (SSSR count). The molecule has 1 heterocycles. The number of amides is 1. The zero-order valence-electron chi connectivity index (χ0n) is 13.4. The van der Waals surface area contributed by atoms with Crippen LogP contribution in [0.4, 0.5) is 5.69 Å². The van der Waals surface area contributed by atoms with Crippen molar-refractivity contribution in [1.29, 1.82) is 0 Å². The maximum atomic E-state index is 12.0. The lowest BCUT2D eigenvalue weighted by Crippen LogP contribution is -2.42. The molecule has 0 saturated carbocycles. The van der Waals surface area contributed by atoms with Crippen molar-refractivity contribution in [2.24, 2.45) is 15.5 Å². The molecule has 0 fully saturated rings.